The molecule has 4 atom stereocenters. The fourth-order valence-corrected chi connectivity index (χ4v) is 4.52. The van der Waals surface area contributed by atoms with Crippen molar-refractivity contribution >= 4 is 0 Å². The second-order valence-electron chi connectivity index (χ2n) is 5.99. The van der Waals surface area contributed by atoms with Crippen LogP contribution in [0.25, 0.3) is 0 Å². The molecule has 1 spiro atoms. The van der Waals surface area contributed by atoms with Crippen molar-refractivity contribution in [2.24, 2.45) is 16.7 Å². The van der Waals surface area contributed by atoms with Crippen LogP contribution >= 0.6 is 0 Å². The van der Waals surface area contributed by atoms with E-state index in [2.05, 4.69) is 49.4 Å². The van der Waals surface area contributed by atoms with Crippen LogP contribution < -0.4 is 0 Å². The molecule has 4 rings (SSSR count). The van der Waals surface area contributed by atoms with Crippen LogP contribution in [-0.2, 0) is 4.74 Å². The summed E-state index contributed by atoms with van der Waals surface area (Å²) < 4.78 is 5.73. The van der Waals surface area contributed by atoms with E-state index < -0.39 is 0 Å². The van der Waals surface area contributed by atoms with Gasteiger partial charge in [-0.05, 0) is 23.8 Å². The fraction of sp³-hybridized carbons (Fsp3) is 0.500. The van der Waals surface area contributed by atoms with Crippen molar-refractivity contribution in [3.8, 4) is 0 Å². The normalized spacial score (nSPS) is 46.4. The van der Waals surface area contributed by atoms with E-state index in [0.717, 1.165) is 19.1 Å². The van der Waals surface area contributed by atoms with Gasteiger partial charge < -0.3 is 4.74 Å². The van der Waals surface area contributed by atoms with Crippen molar-refractivity contribution in [2.75, 3.05) is 13.2 Å². The summed E-state index contributed by atoms with van der Waals surface area (Å²) in [6, 6.07) is 11.0. The summed E-state index contributed by atoms with van der Waals surface area (Å²) in [6.45, 7) is 4.30. The molecule has 1 heteroatoms. The lowest BCUT2D eigenvalue weighted by Crippen LogP contribution is -2.69. The van der Waals surface area contributed by atoms with Crippen LogP contribution in [0.15, 0.2) is 42.5 Å². The molecule has 0 aromatic heterocycles. The lowest BCUT2D eigenvalue weighted by molar-refractivity contribution is -0.197. The number of ether oxygens (including phenoxy) is 1. The molecule has 1 aromatic rings. The Bertz CT molecular complexity index is 478. The average Bonchev–Trinajstić information content (AvgIpc) is 2.39. The maximum Gasteiger partial charge on any atom is 0.0568 e. The average molecular weight is 226 g/mol. The predicted molar refractivity (Wildman–Crippen MR) is 67.8 cm³/mol. The van der Waals surface area contributed by atoms with Gasteiger partial charge in [-0.25, -0.2) is 0 Å². The Morgan fingerprint density at radius 2 is 2.00 bits per heavy atom. The highest BCUT2D eigenvalue weighted by atomic mass is 16.5. The van der Waals surface area contributed by atoms with Gasteiger partial charge in [-0.1, -0.05) is 49.4 Å². The van der Waals surface area contributed by atoms with E-state index in [4.69, 9.17) is 4.74 Å². The highest BCUT2D eigenvalue weighted by Gasteiger charge is 2.71. The minimum atomic E-state index is 0.347. The van der Waals surface area contributed by atoms with Gasteiger partial charge in [-0.15, -0.1) is 0 Å². The molecule has 1 heterocycles. The van der Waals surface area contributed by atoms with Gasteiger partial charge in [-0.3, -0.25) is 0 Å². The molecule has 0 radical (unpaired) electrons. The predicted octanol–water partition coefficient (Wildman–Crippen LogP) is 3.38. The molecule has 1 nitrogen and oxygen atoms in total. The van der Waals surface area contributed by atoms with Crippen molar-refractivity contribution in [1.82, 2.24) is 0 Å². The monoisotopic (exact) mass is 226 g/mol. The third kappa shape index (κ3) is 0.961. The molecule has 17 heavy (non-hydrogen) atoms. The third-order valence-electron chi connectivity index (χ3n) is 5.51. The Labute approximate surface area is 102 Å². The van der Waals surface area contributed by atoms with E-state index in [9.17, 15) is 0 Å². The van der Waals surface area contributed by atoms with Gasteiger partial charge in [0.15, 0.2) is 0 Å². The van der Waals surface area contributed by atoms with Crippen LogP contribution in [0.5, 0.6) is 0 Å². The first-order chi connectivity index (χ1) is 8.28. The van der Waals surface area contributed by atoms with Gasteiger partial charge in [0.2, 0.25) is 0 Å². The molecular formula is C16H18O. The zero-order valence-corrected chi connectivity index (χ0v) is 10.2. The molecule has 1 unspecified atom stereocenters. The van der Waals surface area contributed by atoms with E-state index in [-0.39, 0.29) is 0 Å². The van der Waals surface area contributed by atoms with Crippen LogP contribution in [0.2, 0.25) is 0 Å². The van der Waals surface area contributed by atoms with Gasteiger partial charge >= 0.3 is 0 Å². The molecule has 1 aliphatic heterocycles. The molecule has 2 aliphatic carbocycles. The zero-order valence-electron chi connectivity index (χ0n) is 10.2. The summed E-state index contributed by atoms with van der Waals surface area (Å²) in [5, 5.41) is 0. The highest BCUT2D eigenvalue weighted by molar-refractivity contribution is 5.45. The molecule has 0 N–H and O–H groups in total. The number of hydrogen-bond donors (Lipinski definition) is 0. The van der Waals surface area contributed by atoms with Gasteiger partial charge in [0.1, 0.15) is 0 Å². The summed E-state index contributed by atoms with van der Waals surface area (Å²) >= 11 is 0. The minimum absolute atomic E-state index is 0.347. The van der Waals surface area contributed by atoms with E-state index in [1.807, 2.05) is 0 Å². The maximum atomic E-state index is 5.73. The molecule has 1 saturated carbocycles. The molecule has 0 amide bonds. The standard InChI is InChI=1S/C16H18O/c1-15-8-9-16(15)11-17-10-7-13(16)14(15)12-5-3-2-4-6-12/h2-6,8-9,13-14H,7,10-11H2,1H3/t13-,14-,15-,16?/m0/s1. The summed E-state index contributed by atoms with van der Waals surface area (Å²) in [6.07, 6.45) is 6.05. The first kappa shape index (κ1) is 9.90. The van der Waals surface area contributed by atoms with Crippen molar-refractivity contribution < 1.29 is 4.74 Å². The van der Waals surface area contributed by atoms with Crippen LogP contribution in [0.4, 0.5) is 0 Å². The van der Waals surface area contributed by atoms with Gasteiger partial charge in [-0.2, -0.15) is 0 Å². The second kappa shape index (κ2) is 3.02. The SMILES string of the molecule is C[C@@]12C=CC13COCC[C@H]3[C@@H]2c1ccccc1. The smallest absolute Gasteiger partial charge is 0.0568 e. The summed E-state index contributed by atoms with van der Waals surface area (Å²) in [5.74, 6) is 1.51. The van der Waals surface area contributed by atoms with E-state index >= 15 is 0 Å². The molecule has 88 valence electrons. The molecule has 3 aliphatic rings. The Balaban J connectivity index is 1.77. The Morgan fingerprint density at radius 3 is 2.71 bits per heavy atom. The van der Waals surface area contributed by atoms with E-state index in [1.165, 1.54) is 12.0 Å². The van der Waals surface area contributed by atoms with Crippen LogP contribution in [0, 0.1) is 16.7 Å². The van der Waals surface area contributed by atoms with E-state index in [1.54, 1.807) is 0 Å². The summed E-state index contributed by atoms with van der Waals surface area (Å²) in [4.78, 5) is 0. The van der Waals surface area contributed by atoms with Gasteiger partial charge in [0.25, 0.3) is 0 Å². The lowest BCUT2D eigenvalue weighted by Gasteiger charge is -2.73. The molecule has 2 fully saturated rings. The third-order valence-corrected chi connectivity index (χ3v) is 5.51. The first-order valence-corrected chi connectivity index (χ1v) is 6.61. The largest absolute Gasteiger partial charge is 0.380 e. The van der Waals surface area contributed by atoms with E-state index in [0.29, 0.717) is 16.7 Å². The molecule has 1 saturated heterocycles. The second-order valence-corrected chi connectivity index (χ2v) is 5.99. The van der Waals surface area contributed by atoms with Crippen LogP contribution in [-0.4, -0.2) is 13.2 Å². The molecule has 1 aromatic carbocycles. The highest BCUT2D eigenvalue weighted by Crippen LogP contribution is 2.76. The number of benzene rings is 1. The Morgan fingerprint density at radius 1 is 1.18 bits per heavy atom. The minimum Gasteiger partial charge on any atom is -0.380 e. The summed E-state index contributed by atoms with van der Waals surface area (Å²) in [5.41, 5.74) is 2.23. The van der Waals surface area contributed by atoms with Crippen LogP contribution in [0.3, 0.4) is 0 Å². The lowest BCUT2D eigenvalue weighted by atomic mass is 9.32. The van der Waals surface area contributed by atoms with Crippen molar-refractivity contribution in [2.45, 2.75) is 19.3 Å². The number of allylic oxidation sites excluding steroid dienone is 1. The zero-order chi connectivity index (χ0) is 11.5. The van der Waals surface area contributed by atoms with Gasteiger partial charge in [0, 0.05) is 17.4 Å². The molecular weight excluding hydrogens is 208 g/mol. The summed E-state index contributed by atoms with van der Waals surface area (Å²) in [7, 11) is 0. The number of hydrogen-bond acceptors (Lipinski definition) is 1. The topological polar surface area (TPSA) is 9.23 Å². The van der Waals surface area contributed by atoms with Crippen molar-refractivity contribution in [3.05, 3.63) is 48.0 Å². The Kier molecular flexibility index (Phi) is 1.76. The van der Waals surface area contributed by atoms with Crippen LogP contribution in [0.1, 0.15) is 24.8 Å². The van der Waals surface area contributed by atoms with Gasteiger partial charge in [0.05, 0.1) is 6.61 Å². The quantitative estimate of drug-likeness (QED) is 0.667. The molecule has 0 bridgehead atoms. The maximum absolute atomic E-state index is 5.73. The van der Waals surface area contributed by atoms with Crippen molar-refractivity contribution in [3.63, 3.8) is 0 Å². The Hall–Kier alpha value is -1.08. The fourth-order valence-electron chi connectivity index (χ4n) is 4.52. The number of rotatable bonds is 1. The van der Waals surface area contributed by atoms with Crippen molar-refractivity contribution in [1.29, 1.82) is 0 Å². The first-order valence-electron chi connectivity index (χ1n) is 6.61.